The summed E-state index contributed by atoms with van der Waals surface area (Å²) in [6.07, 6.45) is 6.67. The molecule has 1 atom stereocenters. The van der Waals surface area contributed by atoms with Crippen molar-refractivity contribution in [3.63, 3.8) is 0 Å². The molecular weight excluding hydrogens is 218 g/mol. The molecular formula is C12H17N3O2. The summed E-state index contributed by atoms with van der Waals surface area (Å²) in [7, 11) is 0. The summed E-state index contributed by atoms with van der Waals surface area (Å²) in [5, 5.41) is 9.13. The predicted octanol–water partition coefficient (Wildman–Crippen LogP) is 0.364. The van der Waals surface area contributed by atoms with Crippen molar-refractivity contribution in [3.8, 4) is 0 Å². The monoisotopic (exact) mass is 235 g/mol. The van der Waals surface area contributed by atoms with Gasteiger partial charge in [-0.3, -0.25) is 14.7 Å². The van der Waals surface area contributed by atoms with Gasteiger partial charge < -0.3 is 5.11 Å². The number of hydrogen-bond donors (Lipinski definition) is 1. The smallest absolute Gasteiger partial charge is 0.196 e. The average Bonchev–Trinajstić information content (AvgIpc) is 2.40. The Morgan fingerprint density at radius 1 is 1.53 bits per heavy atom. The molecule has 1 fully saturated rings. The molecule has 0 aromatic carbocycles. The first kappa shape index (κ1) is 12.1. The van der Waals surface area contributed by atoms with Crippen LogP contribution in [0.1, 0.15) is 23.3 Å². The van der Waals surface area contributed by atoms with Crippen molar-refractivity contribution < 1.29 is 9.90 Å². The van der Waals surface area contributed by atoms with Crippen LogP contribution in [-0.4, -0.2) is 52.0 Å². The van der Waals surface area contributed by atoms with E-state index >= 15 is 0 Å². The fourth-order valence-corrected chi connectivity index (χ4v) is 2.17. The SMILES string of the molecule is O=C(CN1CCCC(CO)C1)c1cnccn1. The predicted molar refractivity (Wildman–Crippen MR) is 62.6 cm³/mol. The summed E-state index contributed by atoms with van der Waals surface area (Å²) in [5.41, 5.74) is 0.415. The van der Waals surface area contributed by atoms with Crippen LogP contribution in [0, 0.1) is 5.92 Å². The summed E-state index contributed by atoms with van der Waals surface area (Å²) < 4.78 is 0. The van der Waals surface area contributed by atoms with Crippen molar-refractivity contribution in [2.24, 2.45) is 5.92 Å². The van der Waals surface area contributed by atoms with E-state index in [-0.39, 0.29) is 12.4 Å². The second-order valence-electron chi connectivity index (χ2n) is 4.44. The quantitative estimate of drug-likeness (QED) is 0.763. The number of piperidine rings is 1. The molecule has 1 unspecified atom stereocenters. The largest absolute Gasteiger partial charge is 0.396 e. The van der Waals surface area contributed by atoms with Gasteiger partial charge in [-0.1, -0.05) is 0 Å². The van der Waals surface area contributed by atoms with E-state index in [9.17, 15) is 4.79 Å². The fraction of sp³-hybridized carbons (Fsp3) is 0.583. The lowest BCUT2D eigenvalue weighted by Crippen LogP contribution is -2.40. The number of aliphatic hydroxyl groups excluding tert-OH is 1. The van der Waals surface area contributed by atoms with E-state index in [0.717, 1.165) is 25.9 Å². The first-order valence-corrected chi connectivity index (χ1v) is 5.92. The molecule has 0 radical (unpaired) electrons. The molecule has 5 nitrogen and oxygen atoms in total. The first-order chi connectivity index (χ1) is 8.29. The maximum absolute atomic E-state index is 11.9. The second kappa shape index (κ2) is 5.84. The van der Waals surface area contributed by atoms with Gasteiger partial charge in [-0.05, 0) is 25.3 Å². The van der Waals surface area contributed by atoms with Gasteiger partial charge in [0.15, 0.2) is 5.78 Å². The van der Waals surface area contributed by atoms with Gasteiger partial charge in [0.2, 0.25) is 0 Å². The van der Waals surface area contributed by atoms with E-state index in [2.05, 4.69) is 14.9 Å². The van der Waals surface area contributed by atoms with Gasteiger partial charge in [-0.25, -0.2) is 4.98 Å². The van der Waals surface area contributed by atoms with E-state index in [1.807, 2.05) is 0 Å². The van der Waals surface area contributed by atoms with Crippen LogP contribution >= 0.6 is 0 Å². The zero-order valence-corrected chi connectivity index (χ0v) is 9.75. The molecule has 0 aliphatic carbocycles. The maximum atomic E-state index is 11.9. The molecule has 0 bridgehead atoms. The summed E-state index contributed by atoms with van der Waals surface area (Å²) >= 11 is 0. The molecule has 1 aliphatic heterocycles. The number of carbonyl (C=O) groups excluding carboxylic acids is 1. The van der Waals surface area contributed by atoms with Crippen molar-refractivity contribution in [1.82, 2.24) is 14.9 Å². The van der Waals surface area contributed by atoms with Gasteiger partial charge in [0.25, 0.3) is 0 Å². The molecule has 1 aromatic heterocycles. The number of aromatic nitrogens is 2. The highest BCUT2D eigenvalue weighted by atomic mass is 16.3. The van der Waals surface area contributed by atoms with Crippen LogP contribution in [0.5, 0.6) is 0 Å². The first-order valence-electron chi connectivity index (χ1n) is 5.92. The lowest BCUT2D eigenvalue weighted by atomic mass is 9.99. The van der Waals surface area contributed by atoms with Crippen LogP contribution in [0.25, 0.3) is 0 Å². The summed E-state index contributed by atoms with van der Waals surface area (Å²) in [5.74, 6) is 0.301. The van der Waals surface area contributed by atoms with Crippen LogP contribution in [0.15, 0.2) is 18.6 Å². The van der Waals surface area contributed by atoms with Crippen molar-refractivity contribution in [2.75, 3.05) is 26.2 Å². The molecule has 2 heterocycles. The summed E-state index contributed by atoms with van der Waals surface area (Å²) in [4.78, 5) is 21.9. The number of Topliss-reactive ketones (excluding diaryl/α,β-unsaturated/α-hetero) is 1. The zero-order chi connectivity index (χ0) is 12.1. The van der Waals surface area contributed by atoms with Gasteiger partial charge in [-0.2, -0.15) is 0 Å². The number of rotatable bonds is 4. The maximum Gasteiger partial charge on any atom is 0.196 e. The van der Waals surface area contributed by atoms with Gasteiger partial charge in [0.1, 0.15) is 5.69 Å². The Kier molecular flexibility index (Phi) is 4.17. The standard InChI is InChI=1S/C12H17N3O2/c16-9-10-2-1-5-15(7-10)8-12(17)11-6-13-3-4-14-11/h3-4,6,10,16H,1-2,5,7-9H2. The fourth-order valence-electron chi connectivity index (χ4n) is 2.17. The minimum absolute atomic E-state index is 0.00307. The third-order valence-electron chi connectivity index (χ3n) is 3.08. The summed E-state index contributed by atoms with van der Waals surface area (Å²) in [6, 6.07) is 0. The number of nitrogens with zero attached hydrogens (tertiary/aromatic N) is 3. The van der Waals surface area contributed by atoms with E-state index in [0.29, 0.717) is 18.2 Å². The number of aliphatic hydroxyl groups is 1. The van der Waals surface area contributed by atoms with Crippen molar-refractivity contribution in [1.29, 1.82) is 0 Å². The molecule has 0 amide bonds. The molecule has 1 aliphatic rings. The Morgan fingerprint density at radius 3 is 3.12 bits per heavy atom. The van der Waals surface area contributed by atoms with E-state index in [1.165, 1.54) is 12.4 Å². The van der Waals surface area contributed by atoms with Gasteiger partial charge in [0.05, 0.1) is 12.7 Å². The molecule has 0 saturated carbocycles. The third-order valence-corrected chi connectivity index (χ3v) is 3.08. The highest BCUT2D eigenvalue weighted by Gasteiger charge is 2.21. The highest BCUT2D eigenvalue weighted by Crippen LogP contribution is 2.15. The van der Waals surface area contributed by atoms with Gasteiger partial charge in [-0.15, -0.1) is 0 Å². The van der Waals surface area contributed by atoms with E-state index in [1.54, 1.807) is 6.20 Å². The van der Waals surface area contributed by atoms with Crippen molar-refractivity contribution >= 4 is 5.78 Å². The van der Waals surface area contributed by atoms with Crippen LogP contribution < -0.4 is 0 Å². The lowest BCUT2D eigenvalue weighted by Gasteiger charge is -2.30. The van der Waals surface area contributed by atoms with Crippen molar-refractivity contribution in [2.45, 2.75) is 12.8 Å². The minimum atomic E-state index is -0.00307. The molecule has 0 spiro atoms. The Bertz CT molecular complexity index is 369. The molecule has 17 heavy (non-hydrogen) atoms. The van der Waals surface area contributed by atoms with E-state index in [4.69, 9.17) is 5.11 Å². The van der Waals surface area contributed by atoms with Crippen LogP contribution in [-0.2, 0) is 0 Å². The summed E-state index contributed by atoms with van der Waals surface area (Å²) in [6.45, 7) is 2.29. The highest BCUT2D eigenvalue weighted by molar-refractivity contribution is 5.95. The topological polar surface area (TPSA) is 66.3 Å². The molecule has 2 rings (SSSR count). The van der Waals surface area contributed by atoms with Gasteiger partial charge in [0, 0.05) is 25.5 Å². The zero-order valence-electron chi connectivity index (χ0n) is 9.75. The minimum Gasteiger partial charge on any atom is -0.396 e. The third kappa shape index (κ3) is 3.31. The molecule has 1 saturated heterocycles. The molecule has 92 valence electrons. The number of hydrogen-bond acceptors (Lipinski definition) is 5. The molecule has 1 aromatic rings. The van der Waals surface area contributed by atoms with Crippen molar-refractivity contribution in [3.05, 3.63) is 24.3 Å². The Morgan fingerprint density at radius 2 is 2.41 bits per heavy atom. The Balaban J connectivity index is 1.90. The Labute approximate surface area is 100 Å². The van der Waals surface area contributed by atoms with E-state index < -0.39 is 0 Å². The van der Waals surface area contributed by atoms with Crippen LogP contribution in [0.4, 0.5) is 0 Å². The number of carbonyl (C=O) groups is 1. The molecule has 5 heteroatoms. The number of ketones is 1. The second-order valence-corrected chi connectivity index (χ2v) is 4.44. The normalized spacial score (nSPS) is 21.4. The average molecular weight is 235 g/mol. The number of likely N-dealkylation sites (tertiary alicyclic amines) is 1. The van der Waals surface area contributed by atoms with Crippen LogP contribution in [0.3, 0.4) is 0 Å². The van der Waals surface area contributed by atoms with Gasteiger partial charge >= 0.3 is 0 Å². The lowest BCUT2D eigenvalue weighted by molar-refractivity contribution is 0.0829. The molecule has 1 N–H and O–H groups in total. The van der Waals surface area contributed by atoms with Crippen LogP contribution in [0.2, 0.25) is 0 Å². The Hall–Kier alpha value is -1.33.